The Hall–Kier alpha value is -0.400. The second-order valence-electron chi connectivity index (χ2n) is 4.55. The number of rotatable bonds is 4. The Morgan fingerprint density at radius 1 is 1.38 bits per heavy atom. The zero-order valence-electron chi connectivity index (χ0n) is 9.55. The van der Waals surface area contributed by atoms with Gasteiger partial charge >= 0.3 is 0 Å². The van der Waals surface area contributed by atoms with Crippen LogP contribution in [-0.2, 0) is 5.88 Å². The van der Waals surface area contributed by atoms with Crippen molar-refractivity contribution in [2.75, 3.05) is 18.5 Å². The van der Waals surface area contributed by atoms with Gasteiger partial charge in [-0.05, 0) is 30.9 Å². The molecule has 0 saturated heterocycles. The van der Waals surface area contributed by atoms with Crippen LogP contribution in [0.5, 0.6) is 0 Å². The van der Waals surface area contributed by atoms with E-state index in [1.807, 2.05) is 12.1 Å². The Morgan fingerprint density at radius 2 is 2.12 bits per heavy atom. The van der Waals surface area contributed by atoms with Crippen LogP contribution in [0.4, 0.5) is 5.69 Å². The fourth-order valence-corrected chi connectivity index (χ4v) is 2.78. The number of halogens is 2. The zero-order valence-corrected chi connectivity index (χ0v) is 11.1. The van der Waals surface area contributed by atoms with Gasteiger partial charge in [0.15, 0.2) is 0 Å². The van der Waals surface area contributed by atoms with Gasteiger partial charge in [-0.3, -0.25) is 0 Å². The normalized spacial score (nSPS) is 15.9. The van der Waals surface area contributed by atoms with Crippen LogP contribution in [0.3, 0.4) is 0 Å². The van der Waals surface area contributed by atoms with Crippen molar-refractivity contribution in [3.63, 3.8) is 0 Å². The van der Waals surface area contributed by atoms with E-state index < -0.39 is 0 Å². The number of benzene rings is 1. The van der Waals surface area contributed by atoms with Gasteiger partial charge in [-0.2, -0.15) is 0 Å². The molecule has 1 fully saturated rings. The molecule has 1 aliphatic carbocycles. The van der Waals surface area contributed by atoms with Crippen LogP contribution in [0, 0.1) is 5.92 Å². The average Bonchev–Trinajstić information content (AvgIpc) is 2.22. The van der Waals surface area contributed by atoms with Gasteiger partial charge in [0.05, 0.1) is 5.88 Å². The van der Waals surface area contributed by atoms with Crippen LogP contribution in [0.2, 0.25) is 5.02 Å². The van der Waals surface area contributed by atoms with Crippen molar-refractivity contribution in [2.24, 2.45) is 5.92 Å². The summed E-state index contributed by atoms with van der Waals surface area (Å²) >= 11 is 12.1. The highest BCUT2D eigenvalue weighted by atomic mass is 35.5. The summed E-state index contributed by atoms with van der Waals surface area (Å²) in [5, 5.41) is 0.771. The molecule has 2 rings (SSSR count). The molecule has 0 heterocycles. The van der Waals surface area contributed by atoms with Crippen LogP contribution in [0.15, 0.2) is 18.2 Å². The first-order valence-electron chi connectivity index (χ1n) is 5.77. The smallest absolute Gasteiger partial charge is 0.0509 e. The minimum Gasteiger partial charge on any atom is -0.374 e. The fourth-order valence-electron chi connectivity index (χ4n) is 2.20. The van der Waals surface area contributed by atoms with E-state index in [0.717, 1.165) is 23.0 Å². The molecule has 0 amide bonds. The molecule has 1 saturated carbocycles. The summed E-state index contributed by atoms with van der Waals surface area (Å²) in [5.74, 6) is 1.33. The Morgan fingerprint density at radius 3 is 2.69 bits per heavy atom. The van der Waals surface area contributed by atoms with Gasteiger partial charge in [-0.25, -0.2) is 0 Å². The van der Waals surface area contributed by atoms with Crippen LogP contribution >= 0.6 is 23.2 Å². The van der Waals surface area contributed by atoms with E-state index in [-0.39, 0.29) is 0 Å². The first-order chi connectivity index (χ1) is 7.72. The van der Waals surface area contributed by atoms with Gasteiger partial charge in [-0.1, -0.05) is 24.1 Å². The first-order valence-corrected chi connectivity index (χ1v) is 6.68. The number of hydrogen-bond donors (Lipinski definition) is 0. The monoisotopic (exact) mass is 257 g/mol. The second kappa shape index (κ2) is 5.29. The number of nitrogens with zero attached hydrogens (tertiary/aromatic N) is 1. The molecular weight excluding hydrogens is 241 g/mol. The summed E-state index contributed by atoms with van der Waals surface area (Å²) in [6, 6.07) is 5.99. The summed E-state index contributed by atoms with van der Waals surface area (Å²) in [6.45, 7) is 1.12. The predicted octanol–water partition coefficient (Wildman–Crippen LogP) is 4.32. The van der Waals surface area contributed by atoms with E-state index in [1.54, 1.807) is 0 Å². The maximum absolute atomic E-state index is 6.15. The molecule has 0 spiro atoms. The topological polar surface area (TPSA) is 3.24 Å². The largest absolute Gasteiger partial charge is 0.374 e. The molecule has 0 radical (unpaired) electrons. The second-order valence-corrected chi connectivity index (χ2v) is 5.22. The Labute approximate surface area is 107 Å². The van der Waals surface area contributed by atoms with Gasteiger partial charge < -0.3 is 4.90 Å². The molecular formula is C13H17Cl2N. The molecule has 0 atom stereocenters. The molecule has 1 nitrogen and oxygen atoms in total. The molecule has 1 aromatic carbocycles. The van der Waals surface area contributed by atoms with Crippen molar-refractivity contribution in [2.45, 2.75) is 25.1 Å². The fraction of sp³-hybridized carbons (Fsp3) is 0.538. The maximum atomic E-state index is 6.15. The third-order valence-electron chi connectivity index (χ3n) is 3.40. The van der Waals surface area contributed by atoms with Gasteiger partial charge in [0.2, 0.25) is 0 Å². The minimum atomic E-state index is 0.476. The summed E-state index contributed by atoms with van der Waals surface area (Å²) in [7, 11) is 2.13. The molecule has 1 aromatic rings. The average molecular weight is 258 g/mol. The van der Waals surface area contributed by atoms with Crippen molar-refractivity contribution in [1.82, 2.24) is 0 Å². The van der Waals surface area contributed by atoms with E-state index >= 15 is 0 Å². The number of hydrogen-bond acceptors (Lipinski definition) is 1. The third-order valence-corrected chi connectivity index (χ3v) is 4.02. The molecule has 1 aliphatic rings. The highest BCUT2D eigenvalue weighted by Crippen LogP contribution is 2.32. The van der Waals surface area contributed by atoms with Gasteiger partial charge in [-0.15, -0.1) is 11.6 Å². The summed E-state index contributed by atoms with van der Waals surface area (Å²) in [4.78, 5) is 2.29. The van der Waals surface area contributed by atoms with Gasteiger partial charge in [0.25, 0.3) is 0 Å². The first kappa shape index (κ1) is 12.1. The van der Waals surface area contributed by atoms with Crippen LogP contribution in [0.25, 0.3) is 0 Å². The Kier molecular flexibility index (Phi) is 3.99. The van der Waals surface area contributed by atoms with E-state index in [9.17, 15) is 0 Å². The van der Waals surface area contributed by atoms with Crippen LogP contribution in [-0.4, -0.2) is 13.6 Å². The zero-order chi connectivity index (χ0) is 11.5. The minimum absolute atomic E-state index is 0.476. The van der Waals surface area contributed by atoms with Gasteiger partial charge in [0, 0.05) is 29.9 Å². The molecule has 88 valence electrons. The van der Waals surface area contributed by atoms with Crippen molar-refractivity contribution in [3.8, 4) is 0 Å². The van der Waals surface area contributed by atoms with Crippen molar-refractivity contribution >= 4 is 28.9 Å². The number of alkyl halides is 1. The summed E-state index contributed by atoms with van der Waals surface area (Å²) in [5.41, 5.74) is 2.22. The lowest BCUT2D eigenvalue weighted by Crippen LogP contribution is -2.29. The quantitative estimate of drug-likeness (QED) is 0.727. The van der Waals surface area contributed by atoms with Crippen molar-refractivity contribution in [3.05, 3.63) is 28.8 Å². The van der Waals surface area contributed by atoms with Crippen LogP contribution < -0.4 is 4.90 Å². The van der Waals surface area contributed by atoms with E-state index in [4.69, 9.17) is 23.2 Å². The Bertz CT molecular complexity index is 361. The molecule has 0 aromatic heterocycles. The molecule has 16 heavy (non-hydrogen) atoms. The van der Waals surface area contributed by atoms with Gasteiger partial charge in [0.1, 0.15) is 0 Å². The molecule has 3 heteroatoms. The lowest BCUT2D eigenvalue weighted by atomic mass is 9.85. The summed E-state index contributed by atoms with van der Waals surface area (Å²) < 4.78 is 0. The molecule has 0 N–H and O–H groups in total. The van der Waals surface area contributed by atoms with E-state index in [0.29, 0.717) is 5.88 Å². The molecule has 0 bridgehead atoms. The van der Waals surface area contributed by atoms with E-state index in [1.165, 1.54) is 24.9 Å². The highest BCUT2D eigenvalue weighted by Gasteiger charge is 2.20. The van der Waals surface area contributed by atoms with E-state index in [2.05, 4.69) is 18.0 Å². The third kappa shape index (κ3) is 2.46. The SMILES string of the molecule is CN(CC1CCC1)c1cccc(Cl)c1CCl. The molecule has 0 unspecified atom stereocenters. The van der Waals surface area contributed by atoms with Crippen LogP contribution in [0.1, 0.15) is 24.8 Å². The Balaban J connectivity index is 2.14. The maximum Gasteiger partial charge on any atom is 0.0509 e. The summed E-state index contributed by atoms with van der Waals surface area (Å²) in [6.07, 6.45) is 4.11. The van der Waals surface area contributed by atoms with Crippen molar-refractivity contribution < 1.29 is 0 Å². The lowest BCUT2D eigenvalue weighted by Gasteiger charge is -2.32. The number of anilines is 1. The highest BCUT2D eigenvalue weighted by molar-refractivity contribution is 6.32. The van der Waals surface area contributed by atoms with Crippen molar-refractivity contribution in [1.29, 1.82) is 0 Å². The predicted molar refractivity (Wildman–Crippen MR) is 71.6 cm³/mol. The molecule has 0 aliphatic heterocycles. The standard InChI is InChI=1S/C13H17Cl2N/c1-16(9-10-4-2-5-10)13-7-3-6-12(15)11(13)8-14/h3,6-7,10H,2,4-5,8-9H2,1H3. The lowest BCUT2D eigenvalue weighted by molar-refractivity contribution is 0.321.